The van der Waals surface area contributed by atoms with Crippen molar-refractivity contribution in [2.24, 2.45) is 0 Å². The molecule has 0 fully saturated rings. The van der Waals surface area contributed by atoms with E-state index in [0.29, 0.717) is 5.19 Å². The molecular weight excluding hydrogens is 234 g/mol. The standard InChI is InChI=1S/C12H11N3OS/c1-8-4-3-5-9(6-8)10-7-15-11(13-10)17-12(14-15)16-2/h3-7H,1-2H3. The number of rotatable bonds is 2. The molecular formula is C12H11N3OS. The normalized spacial score (nSPS) is 10.9. The average Bonchev–Trinajstić information content (AvgIpc) is 2.86. The molecule has 3 aromatic rings. The van der Waals surface area contributed by atoms with Crippen LogP contribution in [0.5, 0.6) is 5.19 Å². The van der Waals surface area contributed by atoms with Gasteiger partial charge in [0.25, 0.3) is 5.19 Å². The summed E-state index contributed by atoms with van der Waals surface area (Å²) in [4.78, 5) is 5.38. The van der Waals surface area contributed by atoms with Gasteiger partial charge in [-0.3, -0.25) is 0 Å². The van der Waals surface area contributed by atoms with Crippen LogP contribution in [0.2, 0.25) is 0 Å². The van der Waals surface area contributed by atoms with E-state index in [9.17, 15) is 0 Å². The van der Waals surface area contributed by atoms with Crippen molar-refractivity contribution in [3.8, 4) is 16.5 Å². The fraction of sp³-hybridized carbons (Fsp3) is 0.167. The topological polar surface area (TPSA) is 39.4 Å². The summed E-state index contributed by atoms with van der Waals surface area (Å²) < 4.78 is 6.82. The summed E-state index contributed by atoms with van der Waals surface area (Å²) >= 11 is 1.44. The molecule has 17 heavy (non-hydrogen) atoms. The smallest absolute Gasteiger partial charge is 0.294 e. The third kappa shape index (κ3) is 1.78. The highest BCUT2D eigenvalue weighted by Crippen LogP contribution is 2.25. The Morgan fingerprint density at radius 3 is 2.94 bits per heavy atom. The first kappa shape index (κ1) is 10.3. The molecule has 0 aliphatic rings. The minimum atomic E-state index is 0.628. The summed E-state index contributed by atoms with van der Waals surface area (Å²) in [6.45, 7) is 2.07. The molecule has 1 aromatic carbocycles. The molecule has 4 nitrogen and oxygen atoms in total. The van der Waals surface area contributed by atoms with Gasteiger partial charge in [0, 0.05) is 5.56 Å². The molecule has 0 aliphatic carbocycles. The van der Waals surface area contributed by atoms with Gasteiger partial charge in [-0.05, 0) is 24.3 Å². The Morgan fingerprint density at radius 1 is 1.35 bits per heavy atom. The van der Waals surface area contributed by atoms with Gasteiger partial charge >= 0.3 is 0 Å². The number of fused-ring (bicyclic) bond motifs is 1. The third-order valence-corrected chi connectivity index (χ3v) is 3.40. The van der Waals surface area contributed by atoms with E-state index in [0.717, 1.165) is 16.2 Å². The Bertz CT molecular complexity index is 640. The van der Waals surface area contributed by atoms with Crippen LogP contribution >= 0.6 is 11.3 Å². The van der Waals surface area contributed by atoms with Crippen LogP contribution < -0.4 is 4.74 Å². The molecule has 0 saturated heterocycles. The molecule has 0 unspecified atom stereocenters. The molecule has 0 N–H and O–H groups in total. The van der Waals surface area contributed by atoms with Crippen LogP contribution in [0.3, 0.4) is 0 Å². The van der Waals surface area contributed by atoms with Crippen LogP contribution in [0.1, 0.15) is 5.56 Å². The second-order valence-electron chi connectivity index (χ2n) is 3.79. The number of imidazole rings is 1. The Morgan fingerprint density at radius 2 is 2.24 bits per heavy atom. The van der Waals surface area contributed by atoms with Crippen molar-refractivity contribution in [1.29, 1.82) is 0 Å². The lowest BCUT2D eigenvalue weighted by Gasteiger charge is -1.97. The zero-order chi connectivity index (χ0) is 11.8. The number of hydrogen-bond acceptors (Lipinski definition) is 4. The van der Waals surface area contributed by atoms with Crippen LogP contribution in [-0.4, -0.2) is 21.7 Å². The van der Waals surface area contributed by atoms with Gasteiger partial charge in [0.05, 0.1) is 19.0 Å². The van der Waals surface area contributed by atoms with E-state index in [2.05, 4.69) is 35.2 Å². The Kier molecular flexibility index (Phi) is 2.33. The highest BCUT2D eigenvalue weighted by atomic mass is 32.1. The highest BCUT2D eigenvalue weighted by molar-refractivity contribution is 7.18. The Hall–Kier alpha value is -1.88. The van der Waals surface area contributed by atoms with Crippen molar-refractivity contribution >= 4 is 16.3 Å². The molecule has 3 rings (SSSR count). The van der Waals surface area contributed by atoms with Crippen LogP contribution in [0, 0.1) is 6.92 Å². The van der Waals surface area contributed by atoms with Crippen LogP contribution in [-0.2, 0) is 0 Å². The molecule has 2 heterocycles. The zero-order valence-electron chi connectivity index (χ0n) is 9.54. The summed E-state index contributed by atoms with van der Waals surface area (Å²) in [5.41, 5.74) is 3.28. The predicted octanol–water partition coefficient (Wildman–Crippen LogP) is 2.77. The van der Waals surface area contributed by atoms with Crippen molar-refractivity contribution in [2.75, 3.05) is 7.11 Å². The predicted molar refractivity (Wildman–Crippen MR) is 67.6 cm³/mol. The second-order valence-corrected chi connectivity index (χ2v) is 4.71. The van der Waals surface area contributed by atoms with E-state index in [-0.39, 0.29) is 0 Å². The van der Waals surface area contributed by atoms with E-state index < -0.39 is 0 Å². The SMILES string of the molecule is COc1nn2cc(-c3cccc(C)c3)nc2s1. The van der Waals surface area contributed by atoms with Gasteiger partial charge in [0.1, 0.15) is 0 Å². The number of aromatic nitrogens is 3. The molecule has 2 aromatic heterocycles. The number of methoxy groups -OCH3 is 1. The number of hydrogen-bond donors (Lipinski definition) is 0. The van der Waals surface area contributed by atoms with E-state index in [4.69, 9.17) is 4.74 Å². The van der Waals surface area contributed by atoms with Crippen molar-refractivity contribution < 1.29 is 4.74 Å². The molecule has 0 radical (unpaired) electrons. The van der Waals surface area contributed by atoms with Crippen LogP contribution in [0.15, 0.2) is 30.5 Å². The summed E-state index contributed by atoms with van der Waals surface area (Å²) in [7, 11) is 1.61. The monoisotopic (exact) mass is 245 g/mol. The molecule has 0 spiro atoms. The summed E-state index contributed by atoms with van der Waals surface area (Å²) in [5, 5.41) is 4.88. The first-order valence-electron chi connectivity index (χ1n) is 5.23. The van der Waals surface area contributed by atoms with Crippen molar-refractivity contribution in [1.82, 2.24) is 14.6 Å². The number of benzene rings is 1. The maximum Gasteiger partial charge on any atom is 0.294 e. The molecule has 0 amide bonds. The van der Waals surface area contributed by atoms with Gasteiger partial charge in [0.15, 0.2) is 0 Å². The van der Waals surface area contributed by atoms with Gasteiger partial charge < -0.3 is 4.74 Å². The third-order valence-electron chi connectivity index (χ3n) is 2.51. The van der Waals surface area contributed by atoms with Crippen molar-refractivity contribution in [2.45, 2.75) is 6.92 Å². The highest BCUT2D eigenvalue weighted by Gasteiger charge is 2.09. The fourth-order valence-electron chi connectivity index (χ4n) is 1.71. The van der Waals surface area contributed by atoms with Crippen molar-refractivity contribution in [3.05, 3.63) is 36.0 Å². The molecule has 0 bridgehead atoms. The summed E-state index contributed by atoms with van der Waals surface area (Å²) in [6, 6.07) is 8.27. The van der Waals surface area contributed by atoms with Gasteiger partial charge in [-0.2, -0.15) is 0 Å². The van der Waals surface area contributed by atoms with Crippen LogP contribution in [0.4, 0.5) is 0 Å². The maximum absolute atomic E-state index is 5.07. The number of aryl methyl sites for hydroxylation is 1. The molecule has 0 atom stereocenters. The lowest BCUT2D eigenvalue weighted by molar-refractivity contribution is 0.405. The van der Waals surface area contributed by atoms with E-state index in [1.807, 2.05) is 12.3 Å². The maximum atomic E-state index is 5.07. The van der Waals surface area contributed by atoms with Gasteiger partial charge in [-0.25, -0.2) is 9.50 Å². The Labute approximate surface area is 102 Å². The number of ether oxygens (including phenoxy) is 1. The van der Waals surface area contributed by atoms with Gasteiger partial charge in [0.2, 0.25) is 4.96 Å². The summed E-state index contributed by atoms with van der Waals surface area (Å²) in [5.74, 6) is 0. The van der Waals surface area contributed by atoms with E-state index in [1.165, 1.54) is 16.9 Å². The molecule has 0 aliphatic heterocycles. The second kappa shape index (κ2) is 3.85. The minimum absolute atomic E-state index is 0.628. The van der Waals surface area contributed by atoms with Gasteiger partial charge in [-0.1, -0.05) is 23.8 Å². The largest absolute Gasteiger partial charge is 0.472 e. The first-order valence-corrected chi connectivity index (χ1v) is 6.05. The Balaban J connectivity index is 2.09. The van der Waals surface area contributed by atoms with Crippen LogP contribution in [0.25, 0.3) is 16.2 Å². The van der Waals surface area contributed by atoms with Crippen molar-refractivity contribution in [3.63, 3.8) is 0 Å². The molecule has 5 heteroatoms. The fourth-order valence-corrected chi connectivity index (χ4v) is 2.41. The minimum Gasteiger partial charge on any atom is -0.472 e. The zero-order valence-corrected chi connectivity index (χ0v) is 10.4. The van der Waals surface area contributed by atoms with Gasteiger partial charge in [-0.15, -0.1) is 5.10 Å². The quantitative estimate of drug-likeness (QED) is 0.697. The molecule has 86 valence electrons. The lowest BCUT2D eigenvalue weighted by atomic mass is 10.1. The average molecular weight is 245 g/mol. The number of nitrogens with zero attached hydrogens (tertiary/aromatic N) is 3. The molecule has 0 saturated carbocycles. The van der Waals surface area contributed by atoms with E-state index >= 15 is 0 Å². The first-order chi connectivity index (χ1) is 8.26. The summed E-state index contributed by atoms with van der Waals surface area (Å²) in [6.07, 6.45) is 1.92. The lowest BCUT2D eigenvalue weighted by Crippen LogP contribution is -1.84. The van der Waals surface area contributed by atoms with E-state index in [1.54, 1.807) is 11.6 Å².